The molecule has 6 fully saturated rings. The van der Waals surface area contributed by atoms with Crippen LogP contribution in [0.4, 0.5) is 8.78 Å². The van der Waals surface area contributed by atoms with Gasteiger partial charge in [-0.2, -0.15) is 0 Å². The van der Waals surface area contributed by atoms with Gasteiger partial charge in [-0.25, -0.2) is 8.78 Å². The van der Waals surface area contributed by atoms with E-state index in [0.29, 0.717) is 55.7 Å². The summed E-state index contributed by atoms with van der Waals surface area (Å²) >= 11 is 0. The van der Waals surface area contributed by atoms with Crippen molar-refractivity contribution < 1.29 is 27.9 Å². The predicted octanol–water partition coefficient (Wildman–Crippen LogP) is 3.50. The molecule has 0 spiro atoms. The first-order valence-electron chi connectivity index (χ1n) is 13.8. The van der Waals surface area contributed by atoms with Gasteiger partial charge in [0.05, 0.1) is 0 Å². The summed E-state index contributed by atoms with van der Waals surface area (Å²) in [7, 11) is 0. The third-order valence-electron chi connectivity index (χ3n) is 10.1. The third-order valence-corrected chi connectivity index (χ3v) is 10.1. The molecule has 4 heterocycles. The summed E-state index contributed by atoms with van der Waals surface area (Å²) in [5.41, 5.74) is 0.549. The molecule has 2 atom stereocenters. The fraction of sp³-hybridized carbons (Fsp3) is 0.679. The SMILES string of the molecule is O=C1NC(=O)C2(N3Cc4cc(O[C@H]5CCC[C@H]5N5CC(C6CCC(F)(F)CC6)C5)ccc4C3=O)CC1C2. The standard InChI is InChI=1S/C28H33F2N3O4/c29-28(30)8-6-16(7-9-28)19-13-32(14-19)22-2-1-3-23(22)37-20-4-5-21-17(10-20)15-33(25(21)35)27-11-18(12-27)24(34)31-26(27)36/h4-5,10,16,18-19,22-23H,1-3,6-9,11-15H2,(H,31,34,36)/t18?,22-,23+,27?/m1/s1. The second-order valence-electron chi connectivity index (χ2n) is 12.2. The van der Waals surface area contributed by atoms with Gasteiger partial charge in [0.1, 0.15) is 17.4 Å². The highest BCUT2D eigenvalue weighted by molar-refractivity contribution is 6.10. The van der Waals surface area contributed by atoms with E-state index in [1.54, 1.807) is 11.0 Å². The quantitative estimate of drug-likeness (QED) is 0.610. The minimum Gasteiger partial charge on any atom is -0.489 e. The van der Waals surface area contributed by atoms with Crippen molar-refractivity contribution in [3.63, 3.8) is 0 Å². The van der Waals surface area contributed by atoms with Crippen LogP contribution in [0, 0.1) is 17.8 Å². The first-order chi connectivity index (χ1) is 17.7. The van der Waals surface area contributed by atoms with Gasteiger partial charge in [-0.3, -0.25) is 24.6 Å². The highest BCUT2D eigenvalue weighted by Gasteiger charge is 2.63. The minimum absolute atomic E-state index is 0.0338. The van der Waals surface area contributed by atoms with Crippen LogP contribution in [0.1, 0.15) is 73.7 Å². The van der Waals surface area contributed by atoms with Crippen molar-refractivity contribution in [1.29, 1.82) is 0 Å². The van der Waals surface area contributed by atoms with Crippen molar-refractivity contribution >= 4 is 17.7 Å². The summed E-state index contributed by atoms with van der Waals surface area (Å²) in [5, 5.41) is 2.42. The molecule has 1 aromatic carbocycles. The van der Waals surface area contributed by atoms with Gasteiger partial charge >= 0.3 is 0 Å². The summed E-state index contributed by atoms with van der Waals surface area (Å²) < 4.78 is 33.5. The summed E-state index contributed by atoms with van der Waals surface area (Å²) in [5.74, 6) is -1.72. The molecule has 2 bridgehead atoms. The Morgan fingerprint density at radius 2 is 1.73 bits per heavy atom. The number of benzene rings is 1. The number of fused-ring (bicyclic) bond motifs is 3. The molecule has 9 heteroatoms. The number of piperidine rings is 2. The Kier molecular flexibility index (Phi) is 5.24. The summed E-state index contributed by atoms with van der Waals surface area (Å²) in [6.45, 7) is 2.30. The Labute approximate surface area is 214 Å². The molecule has 1 N–H and O–H groups in total. The average molecular weight is 514 g/mol. The van der Waals surface area contributed by atoms with Crippen molar-refractivity contribution in [2.24, 2.45) is 17.8 Å². The summed E-state index contributed by atoms with van der Waals surface area (Å²) in [6, 6.07) is 5.92. The molecule has 7 aliphatic rings. The van der Waals surface area contributed by atoms with Gasteiger partial charge in [-0.05, 0) is 80.5 Å². The monoisotopic (exact) mass is 513 g/mol. The molecule has 3 saturated heterocycles. The molecule has 0 aromatic heterocycles. The van der Waals surface area contributed by atoms with E-state index in [1.807, 2.05) is 12.1 Å². The zero-order valence-electron chi connectivity index (χ0n) is 20.9. The number of nitrogens with zero attached hydrogens (tertiary/aromatic N) is 2. The highest BCUT2D eigenvalue weighted by Crippen LogP contribution is 2.49. The maximum Gasteiger partial charge on any atom is 0.255 e. The molecule has 4 aliphatic heterocycles. The van der Waals surface area contributed by atoms with Crippen LogP contribution in [0.5, 0.6) is 5.75 Å². The molecular weight excluding hydrogens is 480 g/mol. The van der Waals surface area contributed by atoms with Crippen LogP contribution < -0.4 is 10.1 Å². The molecule has 198 valence electrons. The van der Waals surface area contributed by atoms with Gasteiger partial charge in [0.2, 0.25) is 11.8 Å². The summed E-state index contributed by atoms with van der Waals surface area (Å²) in [6.07, 6.45) is 5.39. The van der Waals surface area contributed by atoms with E-state index in [2.05, 4.69) is 10.2 Å². The van der Waals surface area contributed by atoms with E-state index < -0.39 is 11.5 Å². The van der Waals surface area contributed by atoms with E-state index in [-0.39, 0.29) is 42.6 Å². The third kappa shape index (κ3) is 3.71. The van der Waals surface area contributed by atoms with Gasteiger partial charge in [-0.1, -0.05) is 0 Å². The maximum absolute atomic E-state index is 13.5. The lowest BCUT2D eigenvalue weighted by Crippen LogP contribution is -2.73. The Balaban J connectivity index is 0.986. The molecule has 37 heavy (non-hydrogen) atoms. The van der Waals surface area contributed by atoms with Crippen LogP contribution in [0.2, 0.25) is 0 Å². The van der Waals surface area contributed by atoms with Crippen LogP contribution in [-0.4, -0.2) is 64.2 Å². The van der Waals surface area contributed by atoms with E-state index >= 15 is 0 Å². The van der Waals surface area contributed by atoms with Crippen LogP contribution in [-0.2, 0) is 16.1 Å². The molecule has 3 amide bonds. The molecule has 8 rings (SSSR count). The van der Waals surface area contributed by atoms with Crippen LogP contribution in [0.3, 0.4) is 0 Å². The fourth-order valence-electron chi connectivity index (χ4n) is 7.80. The second-order valence-corrected chi connectivity index (χ2v) is 12.2. The van der Waals surface area contributed by atoms with Crippen LogP contribution in [0.25, 0.3) is 0 Å². The number of halogens is 2. The number of nitrogens with one attached hydrogen (secondary N) is 1. The van der Waals surface area contributed by atoms with Crippen molar-refractivity contribution in [3.05, 3.63) is 29.3 Å². The van der Waals surface area contributed by atoms with Crippen molar-refractivity contribution in [2.75, 3.05) is 13.1 Å². The first-order valence-corrected chi connectivity index (χ1v) is 13.8. The number of imide groups is 1. The number of carbonyl (C=O) groups excluding carboxylic acids is 3. The Morgan fingerprint density at radius 3 is 2.46 bits per heavy atom. The van der Waals surface area contributed by atoms with Crippen LogP contribution >= 0.6 is 0 Å². The van der Waals surface area contributed by atoms with Gasteiger partial charge in [0.25, 0.3) is 11.8 Å². The predicted molar refractivity (Wildman–Crippen MR) is 129 cm³/mol. The fourth-order valence-corrected chi connectivity index (χ4v) is 7.80. The number of hydrogen-bond acceptors (Lipinski definition) is 5. The number of ether oxygens (including phenoxy) is 1. The lowest BCUT2D eigenvalue weighted by Gasteiger charge is -2.53. The van der Waals surface area contributed by atoms with Crippen LogP contribution in [0.15, 0.2) is 18.2 Å². The van der Waals surface area contributed by atoms with Crippen molar-refractivity contribution in [3.8, 4) is 5.75 Å². The van der Waals surface area contributed by atoms with Gasteiger partial charge < -0.3 is 9.64 Å². The number of amides is 3. The molecule has 1 aromatic rings. The molecule has 3 saturated carbocycles. The Bertz CT molecular complexity index is 1150. The van der Waals surface area contributed by atoms with Crippen molar-refractivity contribution in [2.45, 2.75) is 87.9 Å². The average Bonchev–Trinajstić information content (AvgIpc) is 3.37. The molecule has 7 nitrogen and oxygen atoms in total. The number of likely N-dealkylation sites (tertiary alicyclic amines) is 1. The largest absolute Gasteiger partial charge is 0.489 e. The lowest BCUT2D eigenvalue weighted by atomic mass is 9.63. The van der Waals surface area contributed by atoms with Gasteiger partial charge in [0.15, 0.2) is 0 Å². The smallest absolute Gasteiger partial charge is 0.255 e. The number of alkyl halides is 2. The zero-order valence-corrected chi connectivity index (χ0v) is 20.9. The van der Waals surface area contributed by atoms with E-state index in [9.17, 15) is 23.2 Å². The Hall–Kier alpha value is -2.55. The Morgan fingerprint density at radius 1 is 0.973 bits per heavy atom. The van der Waals surface area contributed by atoms with E-state index in [1.165, 1.54) is 0 Å². The highest BCUT2D eigenvalue weighted by atomic mass is 19.3. The van der Waals surface area contributed by atoms with E-state index in [0.717, 1.165) is 43.7 Å². The number of rotatable bonds is 5. The van der Waals surface area contributed by atoms with Crippen molar-refractivity contribution in [1.82, 2.24) is 15.1 Å². The molecular formula is C28H33F2N3O4. The number of hydrogen-bond donors (Lipinski definition) is 1. The molecule has 0 unspecified atom stereocenters. The minimum atomic E-state index is -2.47. The van der Waals surface area contributed by atoms with E-state index in [4.69, 9.17) is 4.74 Å². The maximum atomic E-state index is 13.5. The molecule has 0 radical (unpaired) electrons. The van der Waals surface area contributed by atoms with Gasteiger partial charge in [0, 0.05) is 50.0 Å². The normalized spacial score (nSPS) is 35.7. The molecule has 3 aliphatic carbocycles. The topological polar surface area (TPSA) is 79.0 Å². The summed E-state index contributed by atoms with van der Waals surface area (Å²) in [4.78, 5) is 41.8. The second kappa shape index (κ2) is 8.22. The number of carbonyl (C=O) groups is 3. The van der Waals surface area contributed by atoms with Gasteiger partial charge in [-0.15, -0.1) is 0 Å². The first kappa shape index (κ1) is 23.6. The zero-order chi connectivity index (χ0) is 25.5. The lowest BCUT2D eigenvalue weighted by molar-refractivity contribution is -0.160.